The predicted octanol–water partition coefficient (Wildman–Crippen LogP) is 1.71. The first-order chi connectivity index (χ1) is 9.15. The zero-order valence-electron chi connectivity index (χ0n) is 10.3. The van der Waals surface area contributed by atoms with E-state index in [1.165, 1.54) is 0 Å². The third-order valence-corrected chi connectivity index (χ3v) is 2.35. The first-order valence-electron chi connectivity index (χ1n) is 5.65. The Hall–Kier alpha value is -2.63. The molecule has 19 heavy (non-hydrogen) atoms. The largest absolute Gasteiger partial charge is 0.450 e. The van der Waals surface area contributed by atoms with E-state index < -0.39 is 11.5 Å². The standard InChI is InChI=1S/C13H12N2O4/c1-3-10(16)14-8-6-5-7-9-11(8)12(17)19-13(15-9)18-4-2/h3,5-7H,1,4H2,2H3,(H,14,16). The zero-order valence-corrected chi connectivity index (χ0v) is 10.3. The highest BCUT2D eigenvalue weighted by Crippen LogP contribution is 2.20. The predicted molar refractivity (Wildman–Crippen MR) is 70.3 cm³/mol. The van der Waals surface area contributed by atoms with Crippen molar-refractivity contribution in [3.05, 3.63) is 41.3 Å². The second-order valence-electron chi connectivity index (χ2n) is 3.59. The maximum atomic E-state index is 11.9. The summed E-state index contributed by atoms with van der Waals surface area (Å²) in [5.74, 6) is -0.416. The molecule has 6 heteroatoms. The van der Waals surface area contributed by atoms with Gasteiger partial charge in [0.05, 0.1) is 17.8 Å². The number of anilines is 1. The van der Waals surface area contributed by atoms with Crippen molar-refractivity contribution in [2.24, 2.45) is 0 Å². The zero-order chi connectivity index (χ0) is 13.8. The Morgan fingerprint density at radius 3 is 3.05 bits per heavy atom. The minimum Gasteiger partial charge on any atom is -0.450 e. The van der Waals surface area contributed by atoms with Crippen molar-refractivity contribution in [2.45, 2.75) is 6.92 Å². The summed E-state index contributed by atoms with van der Waals surface area (Å²) < 4.78 is 9.98. The molecule has 2 rings (SSSR count). The Kier molecular flexibility index (Phi) is 3.61. The third-order valence-electron chi connectivity index (χ3n) is 2.35. The Labute approximate surface area is 108 Å². The van der Waals surface area contributed by atoms with Crippen LogP contribution in [-0.4, -0.2) is 17.5 Å². The third kappa shape index (κ3) is 2.62. The quantitative estimate of drug-likeness (QED) is 0.846. The monoisotopic (exact) mass is 260 g/mol. The molecule has 0 spiro atoms. The van der Waals surface area contributed by atoms with Gasteiger partial charge in [0.15, 0.2) is 0 Å². The highest BCUT2D eigenvalue weighted by Gasteiger charge is 2.12. The van der Waals surface area contributed by atoms with Crippen LogP contribution in [0.2, 0.25) is 0 Å². The normalized spacial score (nSPS) is 10.2. The Bertz CT molecular complexity index is 691. The SMILES string of the molecule is C=CC(=O)Nc1cccc2nc(OCC)oc(=O)c12. The maximum Gasteiger partial charge on any atom is 0.397 e. The minimum absolute atomic E-state index is 0.0906. The molecule has 0 aliphatic carbocycles. The molecule has 1 N–H and O–H groups in total. The molecular weight excluding hydrogens is 248 g/mol. The van der Waals surface area contributed by atoms with Crippen molar-refractivity contribution in [3.8, 4) is 6.08 Å². The molecule has 1 aromatic heterocycles. The van der Waals surface area contributed by atoms with Crippen LogP contribution in [0.5, 0.6) is 6.08 Å². The van der Waals surface area contributed by atoms with Crippen LogP contribution in [0.25, 0.3) is 10.9 Å². The highest BCUT2D eigenvalue weighted by molar-refractivity contribution is 6.04. The molecule has 0 unspecified atom stereocenters. The maximum absolute atomic E-state index is 11.9. The molecule has 0 fully saturated rings. The molecule has 0 bridgehead atoms. The first kappa shape index (κ1) is 12.8. The van der Waals surface area contributed by atoms with Gasteiger partial charge in [-0.05, 0) is 25.1 Å². The average molecular weight is 260 g/mol. The van der Waals surface area contributed by atoms with E-state index in [1.54, 1.807) is 25.1 Å². The average Bonchev–Trinajstić information content (AvgIpc) is 2.38. The van der Waals surface area contributed by atoms with Crippen LogP contribution >= 0.6 is 0 Å². The molecule has 1 amide bonds. The summed E-state index contributed by atoms with van der Waals surface area (Å²) in [5, 5.41) is 2.72. The topological polar surface area (TPSA) is 81.4 Å². The van der Waals surface area contributed by atoms with E-state index in [-0.39, 0.29) is 11.5 Å². The van der Waals surface area contributed by atoms with Crippen LogP contribution in [0.15, 0.2) is 40.1 Å². The van der Waals surface area contributed by atoms with Crippen molar-refractivity contribution in [1.82, 2.24) is 4.98 Å². The number of hydrogen-bond donors (Lipinski definition) is 1. The van der Waals surface area contributed by atoms with Crippen LogP contribution in [0, 0.1) is 0 Å². The summed E-state index contributed by atoms with van der Waals surface area (Å²) in [5.41, 5.74) is 0.0988. The number of benzene rings is 1. The van der Waals surface area contributed by atoms with Gasteiger partial charge in [0, 0.05) is 0 Å². The van der Waals surface area contributed by atoms with Crippen molar-refractivity contribution in [3.63, 3.8) is 0 Å². The molecule has 0 aliphatic heterocycles. The van der Waals surface area contributed by atoms with Gasteiger partial charge in [-0.2, -0.15) is 4.98 Å². The van der Waals surface area contributed by atoms with Crippen LogP contribution < -0.4 is 15.7 Å². The van der Waals surface area contributed by atoms with E-state index in [0.717, 1.165) is 6.08 Å². The van der Waals surface area contributed by atoms with Gasteiger partial charge >= 0.3 is 11.7 Å². The molecule has 0 atom stereocenters. The fraction of sp³-hybridized carbons (Fsp3) is 0.154. The molecule has 2 aromatic rings. The Balaban J connectivity index is 2.59. The van der Waals surface area contributed by atoms with Gasteiger partial charge in [-0.3, -0.25) is 4.79 Å². The van der Waals surface area contributed by atoms with E-state index in [9.17, 15) is 9.59 Å². The second-order valence-corrected chi connectivity index (χ2v) is 3.59. The molecule has 0 aliphatic rings. The lowest BCUT2D eigenvalue weighted by molar-refractivity contribution is -0.111. The smallest absolute Gasteiger partial charge is 0.397 e. The van der Waals surface area contributed by atoms with Gasteiger partial charge in [0.2, 0.25) is 5.91 Å². The number of nitrogens with one attached hydrogen (secondary N) is 1. The number of aromatic nitrogens is 1. The van der Waals surface area contributed by atoms with Crippen molar-refractivity contribution in [1.29, 1.82) is 0 Å². The van der Waals surface area contributed by atoms with Gasteiger partial charge in [-0.25, -0.2) is 4.79 Å². The lowest BCUT2D eigenvalue weighted by Crippen LogP contribution is -2.12. The van der Waals surface area contributed by atoms with Gasteiger partial charge < -0.3 is 14.5 Å². The molecule has 0 saturated carbocycles. The van der Waals surface area contributed by atoms with E-state index in [1.807, 2.05) is 0 Å². The number of fused-ring (bicyclic) bond motifs is 1. The number of hydrogen-bond acceptors (Lipinski definition) is 5. The summed E-state index contributed by atoms with van der Waals surface area (Å²) in [6.07, 6.45) is 1.02. The summed E-state index contributed by atoms with van der Waals surface area (Å²) in [6, 6.07) is 4.89. The van der Waals surface area contributed by atoms with Crippen LogP contribution in [0.3, 0.4) is 0 Å². The second kappa shape index (κ2) is 5.34. The fourth-order valence-corrected chi connectivity index (χ4v) is 1.57. The summed E-state index contributed by atoms with van der Waals surface area (Å²) in [7, 11) is 0. The van der Waals surface area contributed by atoms with Crippen molar-refractivity contribution >= 4 is 22.5 Å². The molecule has 6 nitrogen and oxygen atoms in total. The van der Waals surface area contributed by atoms with Gasteiger partial charge in [-0.15, -0.1) is 0 Å². The van der Waals surface area contributed by atoms with E-state index in [2.05, 4.69) is 16.9 Å². The minimum atomic E-state index is -0.617. The molecule has 0 radical (unpaired) electrons. The molecule has 1 heterocycles. The first-order valence-corrected chi connectivity index (χ1v) is 5.65. The van der Waals surface area contributed by atoms with Crippen molar-refractivity contribution in [2.75, 3.05) is 11.9 Å². The van der Waals surface area contributed by atoms with Crippen LogP contribution in [-0.2, 0) is 4.79 Å². The number of rotatable bonds is 4. The lowest BCUT2D eigenvalue weighted by atomic mass is 10.2. The fourth-order valence-electron chi connectivity index (χ4n) is 1.57. The number of ether oxygens (including phenoxy) is 1. The van der Waals surface area contributed by atoms with Gasteiger partial charge in [-0.1, -0.05) is 12.6 Å². The highest BCUT2D eigenvalue weighted by atomic mass is 16.6. The molecular formula is C13H12N2O4. The van der Waals surface area contributed by atoms with Crippen LogP contribution in [0.1, 0.15) is 6.92 Å². The molecule has 0 saturated heterocycles. The number of nitrogens with zero attached hydrogens (tertiary/aromatic N) is 1. The van der Waals surface area contributed by atoms with Gasteiger partial charge in [0.1, 0.15) is 5.39 Å². The number of amides is 1. The van der Waals surface area contributed by atoms with E-state index in [4.69, 9.17) is 9.15 Å². The Morgan fingerprint density at radius 1 is 1.58 bits per heavy atom. The summed E-state index contributed by atoms with van der Waals surface area (Å²) >= 11 is 0. The summed E-state index contributed by atoms with van der Waals surface area (Å²) in [4.78, 5) is 27.3. The van der Waals surface area contributed by atoms with Crippen LogP contribution in [0.4, 0.5) is 5.69 Å². The number of carbonyl (C=O) groups is 1. The number of carbonyl (C=O) groups excluding carboxylic acids is 1. The Morgan fingerprint density at radius 2 is 2.37 bits per heavy atom. The van der Waals surface area contributed by atoms with E-state index >= 15 is 0 Å². The van der Waals surface area contributed by atoms with E-state index in [0.29, 0.717) is 17.8 Å². The summed E-state index contributed by atoms with van der Waals surface area (Å²) in [6.45, 7) is 5.45. The van der Waals surface area contributed by atoms with Crippen molar-refractivity contribution < 1.29 is 13.9 Å². The molecule has 98 valence electrons. The lowest BCUT2D eigenvalue weighted by Gasteiger charge is -2.06. The van der Waals surface area contributed by atoms with Gasteiger partial charge in [0.25, 0.3) is 0 Å². The molecule has 1 aromatic carbocycles.